The fourth-order valence-corrected chi connectivity index (χ4v) is 3.28. The Kier molecular flexibility index (Phi) is 6.36. The zero-order valence-electron chi connectivity index (χ0n) is 19.2. The predicted molar refractivity (Wildman–Crippen MR) is 129 cm³/mol. The van der Waals surface area contributed by atoms with Gasteiger partial charge in [-0.05, 0) is 43.7 Å². The maximum absolute atomic E-state index is 6.08. The number of terminal acetylenes is 1. The summed E-state index contributed by atoms with van der Waals surface area (Å²) in [5, 5.41) is 8.28. The maximum Gasteiger partial charge on any atom is 0.270 e. The van der Waals surface area contributed by atoms with Gasteiger partial charge in [-0.2, -0.15) is 0 Å². The lowest BCUT2D eigenvalue weighted by molar-refractivity contribution is 0.181. The van der Waals surface area contributed by atoms with Crippen LogP contribution in [0.15, 0.2) is 53.2 Å². The summed E-state index contributed by atoms with van der Waals surface area (Å²) in [7, 11) is 1.61. The van der Waals surface area contributed by atoms with Crippen molar-refractivity contribution >= 4 is 5.82 Å². The summed E-state index contributed by atoms with van der Waals surface area (Å²) in [6, 6.07) is 11.0. The second kappa shape index (κ2) is 9.39. The van der Waals surface area contributed by atoms with Crippen LogP contribution >= 0.6 is 0 Å². The highest BCUT2D eigenvalue weighted by molar-refractivity contribution is 5.69. The van der Waals surface area contributed by atoms with E-state index in [0.29, 0.717) is 23.9 Å². The van der Waals surface area contributed by atoms with Gasteiger partial charge >= 0.3 is 0 Å². The number of ether oxygens (including phenoxy) is 1. The Morgan fingerprint density at radius 2 is 1.82 bits per heavy atom. The maximum atomic E-state index is 6.08. The van der Waals surface area contributed by atoms with E-state index in [1.807, 2.05) is 50.2 Å². The fraction of sp³-hybridized carbons (Fsp3) is 0.240. The van der Waals surface area contributed by atoms with Crippen LogP contribution in [0.25, 0.3) is 34.3 Å². The van der Waals surface area contributed by atoms with Gasteiger partial charge in [-0.15, -0.1) is 16.6 Å². The van der Waals surface area contributed by atoms with Gasteiger partial charge < -0.3 is 20.6 Å². The first-order valence-corrected chi connectivity index (χ1v) is 10.6. The highest BCUT2D eigenvalue weighted by Gasteiger charge is 2.21. The van der Waals surface area contributed by atoms with Crippen LogP contribution in [0.5, 0.6) is 0 Å². The molecule has 0 aliphatic rings. The van der Waals surface area contributed by atoms with Gasteiger partial charge in [0, 0.05) is 24.4 Å². The number of nitrogen functional groups attached to an aromatic ring is 1. The van der Waals surface area contributed by atoms with E-state index >= 15 is 0 Å². The Balaban J connectivity index is 1.64. The Morgan fingerprint density at radius 3 is 2.53 bits per heavy atom. The van der Waals surface area contributed by atoms with Crippen molar-refractivity contribution in [2.45, 2.75) is 25.3 Å². The van der Waals surface area contributed by atoms with Gasteiger partial charge in [-0.1, -0.05) is 18.1 Å². The Bertz CT molecular complexity index is 1340. The standard InChI is InChI=1S/C25H25N7O2/c1-5-25(2,3)20-12-17(10-11-28-20)19-13-29-22(27)21(30-19)24-32-31-23(34-24)16-8-6-15(7-9-16)18(26)14-33-4/h1,6-13,18H,14,26H2,2-4H3,(H2,27,29)/t18-/m1/s1. The van der Waals surface area contributed by atoms with Gasteiger partial charge in [0.15, 0.2) is 11.5 Å². The first kappa shape index (κ1) is 23.0. The van der Waals surface area contributed by atoms with Gasteiger partial charge in [0.25, 0.3) is 5.89 Å². The lowest BCUT2D eigenvalue weighted by Gasteiger charge is -2.17. The normalized spacial score (nSPS) is 12.3. The summed E-state index contributed by atoms with van der Waals surface area (Å²) in [5.74, 6) is 3.43. The molecule has 34 heavy (non-hydrogen) atoms. The second-order valence-corrected chi connectivity index (χ2v) is 8.28. The molecule has 0 saturated heterocycles. The van der Waals surface area contributed by atoms with E-state index in [1.54, 1.807) is 19.5 Å². The molecule has 4 aromatic rings. The molecule has 4 N–H and O–H groups in total. The number of pyridine rings is 1. The molecule has 9 heteroatoms. The third-order valence-electron chi connectivity index (χ3n) is 5.42. The van der Waals surface area contributed by atoms with Crippen molar-refractivity contribution in [1.82, 2.24) is 25.1 Å². The highest BCUT2D eigenvalue weighted by atomic mass is 16.5. The molecule has 4 rings (SSSR count). The van der Waals surface area contributed by atoms with E-state index in [-0.39, 0.29) is 17.8 Å². The molecule has 0 aliphatic carbocycles. The fourth-order valence-electron chi connectivity index (χ4n) is 3.28. The third kappa shape index (κ3) is 4.64. The van der Waals surface area contributed by atoms with Crippen molar-refractivity contribution in [3.05, 3.63) is 60.0 Å². The molecule has 0 aliphatic heterocycles. The van der Waals surface area contributed by atoms with Crippen molar-refractivity contribution in [3.63, 3.8) is 0 Å². The Labute approximate surface area is 197 Å². The molecule has 0 bridgehead atoms. The molecule has 0 fully saturated rings. The number of methoxy groups -OCH3 is 1. The summed E-state index contributed by atoms with van der Waals surface area (Å²) in [6.45, 7) is 4.28. The van der Waals surface area contributed by atoms with Crippen molar-refractivity contribution in [1.29, 1.82) is 0 Å². The minimum Gasteiger partial charge on any atom is -0.414 e. The molecule has 1 atom stereocenters. The smallest absolute Gasteiger partial charge is 0.270 e. The van der Waals surface area contributed by atoms with Crippen LogP contribution < -0.4 is 11.5 Å². The third-order valence-corrected chi connectivity index (χ3v) is 5.42. The predicted octanol–water partition coefficient (Wildman–Crippen LogP) is 3.39. The van der Waals surface area contributed by atoms with E-state index in [0.717, 1.165) is 22.4 Å². The van der Waals surface area contributed by atoms with Crippen LogP contribution in [0.1, 0.15) is 31.1 Å². The number of hydrogen-bond acceptors (Lipinski definition) is 9. The molecular weight excluding hydrogens is 430 g/mol. The number of nitrogens with two attached hydrogens (primary N) is 2. The van der Waals surface area contributed by atoms with Gasteiger partial charge in [0.05, 0.1) is 35.6 Å². The van der Waals surface area contributed by atoms with E-state index < -0.39 is 5.41 Å². The van der Waals surface area contributed by atoms with Crippen molar-refractivity contribution in [2.24, 2.45) is 5.73 Å². The number of anilines is 1. The number of aromatic nitrogens is 5. The Morgan fingerprint density at radius 1 is 1.09 bits per heavy atom. The second-order valence-electron chi connectivity index (χ2n) is 8.28. The number of benzene rings is 1. The van der Waals surface area contributed by atoms with Crippen LogP contribution in [-0.2, 0) is 10.2 Å². The summed E-state index contributed by atoms with van der Waals surface area (Å²) in [6.07, 6.45) is 8.93. The van der Waals surface area contributed by atoms with Crippen LogP contribution in [0.2, 0.25) is 0 Å². The van der Waals surface area contributed by atoms with Crippen LogP contribution in [0, 0.1) is 12.3 Å². The quantitative estimate of drug-likeness (QED) is 0.401. The zero-order chi connectivity index (χ0) is 24.3. The summed E-state index contributed by atoms with van der Waals surface area (Å²) < 4.78 is 11.0. The SMILES string of the molecule is C#CC(C)(C)c1cc(-c2cnc(N)c(-c3nnc(-c4ccc([C@H](N)COC)cc4)o3)n2)ccn1. The average Bonchev–Trinajstić information content (AvgIpc) is 3.35. The first-order valence-electron chi connectivity index (χ1n) is 10.6. The van der Waals surface area contributed by atoms with Crippen LogP contribution in [-0.4, -0.2) is 38.9 Å². The molecule has 0 spiro atoms. The van der Waals surface area contributed by atoms with E-state index in [2.05, 4.69) is 31.1 Å². The summed E-state index contributed by atoms with van der Waals surface area (Å²) >= 11 is 0. The lowest BCUT2D eigenvalue weighted by atomic mass is 9.89. The molecular formula is C25H25N7O2. The van der Waals surface area contributed by atoms with E-state index in [9.17, 15) is 0 Å². The minimum atomic E-state index is -0.523. The van der Waals surface area contributed by atoms with Gasteiger partial charge in [-0.25, -0.2) is 9.97 Å². The molecule has 0 unspecified atom stereocenters. The van der Waals surface area contributed by atoms with Crippen molar-refractivity contribution < 1.29 is 9.15 Å². The van der Waals surface area contributed by atoms with Crippen LogP contribution in [0.4, 0.5) is 5.82 Å². The van der Waals surface area contributed by atoms with Crippen molar-refractivity contribution in [3.8, 4) is 46.6 Å². The summed E-state index contributed by atoms with van der Waals surface area (Å²) in [4.78, 5) is 13.3. The lowest BCUT2D eigenvalue weighted by Crippen LogP contribution is -2.15. The number of hydrogen-bond donors (Lipinski definition) is 2. The zero-order valence-corrected chi connectivity index (χ0v) is 19.2. The molecule has 9 nitrogen and oxygen atoms in total. The number of nitrogens with zero attached hydrogens (tertiary/aromatic N) is 5. The monoisotopic (exact) mass is 455 g/mol. The minimum absolute atomic E-state index is 0.167. The molecule has 3 aromatic heterocycles. The van der Waals surface area contributed by atoms with Gasteiger partial charge in [0.1, 0.15) is 0 Å². The summed E-state index contributed by atoms with van der Waals surface area (Å²) in [5.41, 5.74) is 15.7. The molecule has 0 saturated carbocycles. The highest BCUT2D eigenvalue weighted by Crippen LogP contribution is 2.29. The average molecular weight is 456 g/mol. The first-order chi connectivity index (χ1) is 16.3. The van der Waals surface area contributed by atoms with E-state index in [1.165, 1.54) is 0 Å². The largest absolute Gasteiger partial charge is 0.414 e. The molecule has 0 amide bonds. The number of rotatable bonds is 7. The molecule has 0 radical (unpaired) electrons. The molecule has 172 valence electrons. The van der Waals surface area contributed by atoms with Gasteiger partial charge in [0.2, 0.25) is 5.89 Å². The van der Waals surface area contributed by atoms with Crippen molar-refractivity contribution in [2.75, 3.05) is 19.5 Å². The Hall–Kier alpha value is -4.13. The van der Waals surface area contributed by atoms with Gasteiger partial charge in [-0.3, -0.25) is 4.98 Å². The van der Waals surface area contributed by atoms with Crippen LogP contribution in [0.3, 0.4) is 0 Å². The molecule has 3 heterocycles. The van der Waals surface area contributed by atoms with E-state index in [4.69, 9.17) is 27.0 Å². The molecule has 1 aromatic carbocycles. The topological polar surface area (TPSA) is 139 Å².